The van der Waals surface area contributed by atoms with Gasteiger partial charge in [-0.15, -0.1) is 0 Å². The Balaban J connectivity index is 3.32. The van der Waals surface area contributed by atoms with Gasteiger partial charge in [0.2, 0.25) is 5.91 Å². The highest BCUT2D eigenvalue weighted by molar-refractivity contribution is 5.76. The quantitative estimate of drug-likeness (QED) is 0.0320. The van der Waals surface area contributed by atoms with Crippen LogP contribution < -0.4 is 5.32 Å². The van der Waals surface area contributed by atoms with Crippen molar-refractivity contribution in [2.45, 2.75) is 501 Å². The van der Waals surface area contributed by atoms with E-state index in [1.807, 2.05) is 0 Å². The molecule has 6 heteroatoms. The van der Waals surface area contributed by atoms with Gasteiger partial charge >= 0.3 is 5.97 Å². The maximum Gasteiger partial charge on any atom is 0.305 e. The second-order valence-electron chi connectivity index (χ2n) is 29.2. The molecule has 0 aromatic rings. The van der Waals surface area contributed by atoms with Gasteiger partial charge in [-0.05, 0) is 51.4 Å². The molecule has 0 bridgehead atoms. The first kappa shape index (κ1) is 88.6. The minimum atomic E-state index is -0.662. The number of amides is 1. The lowest BCUT2D eigenvalue weighted by Crippen LogP contribution is -2.45. The fourth-order valence-electron chi connectivity index (χ4n) is 13.7. The Morgan fingerprint density at radius 3 is 0.789 bits per heavy atom. The predicted octanol–water partition coefficient (Wildman–Crippen LogP) is 27.8. The number of esters is 1. The van der Waals surface area contributed by atoms with Crippen molar-refractivity contribution in [3.05, 3.63) is 12.2 Å². The molecule has 0 aliphatic carbocycles. The molecule has 0 aromatic heterocycles. The normalized spacial score (nSPS) is 12.4. The third-order valence-electron chi connectivity index (χ3n) is 20.1. The van der Waals surface area contributed by atoms with Gasteiger partial charge in [0.05, 0.1) is 25.4 Å². The number of rotatable bonds is 80. The summed E-state index contributed by atoms with van der Waals surface area (Å²) in [5.41, 5.74) is 0. The van der Waals surface area contributed by atoms with Gasteiger partial charge in [0, 0.05) is 12.8 Å². The fourth-order valence-corrected chi connectivity index (χ4v) is 13.7. The predicted molar refractivity (Wildman–Crippen MR) is 398 cm³/mol. The summed E-state index contributed by atoms with van der Waals surface area (Å²) in [6.45, 7) is 5.01. The summed E-state index contributed by atoms with van der Waals surface area (Å²) in [6.07, 6.45) is 102. The molecule has 6 nitrogen and oxygen atoms in total. The Morgan fingerprint density at radius 1 is 0.300 bits per heavy atom. The summed E-state index contributed by atoms with van der Waals surface area (Å²) < 4.78 is 5.52. The van der Waals surface area contributed by atoms with Crippen molar-refractivity contribution in [1.82, 2.24) is 5.32 Å². The molecule has 3 N–H and O–H groups in total. The number of hydrogen-bond acceptors (Lipinski definition) is 5. The van der Waals surface area contributed by atoms with Gasteiger partial charge in [-0.25, -0.2) is 0 Å². The van der Waals surface area contributed by atoms with Crippen molar-refractivity contribution in [3.63, 3.8) is 0 Å². The van der Waals surface area contributed by atoms with E-state index in [2.05, 4.69) is 31.3 Å². The first-order valence-electron chi connectivity index (χ1n) is 41.9. The first-order chi connectivity index (χ1) is 44.5. The van der Waals surface area contributed by atoms with Crippen molar-refractivity contribution in [2.24, 2.45) is 0 Å². The zero-order valence-electron chi connectivity index (χ0n) is 61.7. The number of aliphatic hydroxyl groups excluding tert-OH is 2. The number of ether oxygens (including phenoxy) is 1. The topological polar surface area (TPSA) is 95.9 Å². The van der Waals surface area contributed by atoms with Gasteiger partial charge in [0.1, 0.15) is 0 Å². The third-order valence-corrected chi connectivity index (χ3v) is 20.1. The highest BCUT2D eigenvalue weighted by Crippen LogP contribution is 2.21. The van der Waals surface area contributed by atoms with Crippen LogP contribution in [0.2, 0.25) is 0 Å². The third kappa shape index (κ3) is 75.6. The van der Waals surface area contributed by atoms with E-state index in [9.17, 15) is 19.8 Å². The second kappa shape index (κ2) is 80.0. The van der Waals surface area contributed by atoms with Crippen molar-refractivity contribution in [2.75, 3.05) is 13.2 Å². The van der Waals surface area contributed by atoms with Crippen LogP contribution in [0.5, 0.6) is 0 Å². The van der Waals surface area contributed by atoms with E-state index < -0.39 is 12.1 Å². The molecule has 0 aliphatic rings. The second-order valence-corrected chi connectivity index (χ2v) is 29.2. The van der Waals surface area contributed by atoms with Crippen molar-refractivity contribution >= 4 is 11.9 Å². The molecule has 0 radical (unpaired) electrons. The summed E-state index contributed by atoms with van der Waals surface area (Å²) in [5.74, 6) is -0.00256. The summed E-state index contributed by atoms with van der Waals surface area (Å²) in [6, 6.07) is -0.539. The van der Waals surface area contributed by atoms with Gasteiger partial charge in [0.15, 0.2) is 0 Å². The minimum absolute atomic E-state index is 0.0218. The number of carbonyl (C=O) groups is 2. The van der Waals surface area contributed by atoms with Crippen LogP contribution in [0, 0.1) is 0 Å². The molecule has 536 valence electrons. The van der Waals surface area contributed by atoms with E-state index in [0.717, 1.165) is 38.5 Å². The molecule has 90 heavy (non-hydrogen) atoms. The molecular weight excluding hydrogens is 1100 g/mol. The molecular formula is C84H165NO5. The summed E-state index contributed by atoms with van der Waals surface area (Å²) >= 11 is 0. The minimum Gasteiger partial charge on any atom is -0.466 e. The van der Waals surface area contributed by atoms with Crippen LogP contribution in [-0.4, -0.2) is 47.4 Å². The Morgan fingerprint density at radius 2 is 0.522 bits per heavy atom. The van der Waals surface area contributed by atoms with E-state index in [-0.39, 0.29) is 18.5 Å². The van der Waals surface area contributed by atoms with Crippen molar-refractivity contribution < 1.29 is 24.5 Å². The van der Waals surface area contributed by atoms with E-state index in [0.29, 0.717) is 25.9 Å². The average molecular weight is 1270 g/mol. The van der Waals surface area contributed by atoms with Crippen LogP contribution in [-0.2, 0) is 14.3 Å². The lowest BCUT2D eigenvalue weighted by Gasteiger charge is -2.22. The summed E-state index contributed by atoms with van der Waals surface area (Å²) in [4.78, 5) is 24.7. The number of nitrogens with one attached hydrogen (secondary N) is 1. The van der Waals surface area contributed by atoms with Crippen LogP contribution in [0.3, 0.4) is 0 Å². The Hall–Kier alpha value is -1.40. The van der Waals surface area contributed by atoms with Gasteiger partial charge < -0.3 is 20.3 Å². The number of aliphatic hydroxyl groups is 2. The van der Waals surface area contributed by atoms with Gasteiger partial charge in [-0.3, -0.25) is 9.59 Å². The van der Waals surface area contributed by atoms with Gasteiger partial charge in [-0.2, -0.15) is 0 Å². The Kier molecular flexibility index (Phi) is 78.8. The maximum absolute atomic E-state index is 12.6. The van der Waals surface area contributed by atoms with Crippen LogP contribution in [0.4, 0.5) is 0 Å². The zero-order chi connectivity index (χ0) is 64.9. The highest BCUT2D eigenvalue weighted by atomic mass is 16.5. The van der Waals surface area contributed by atoms with Crippen molar-refractivity contribution in [3.8, 4) is 0 Å². The number of hydrogen-bond donors (Lipinski definition) is 3. The molecule has 0 saturated heterocycles. The van der Waals surface area contributed by atoms with E-state index in [4.69, 9.17) is 4.74 Å². The lowest BCUT2D eigenvalue weighted by molar-refractivity contribution is -0.143. The average Bonchev–Trinajstić information content (AvgIpc) is 3.59. The first-order valence-corrected chi connectivity index (χ1v) is 41.9. The summed E-state index contributed by atoms with van der Waals surface area (Å²) in [7, 11) is 0. The molecule has 0 aliphatic heterocycles. The Bertz CT molecular complexity index is 1370. The molecule has 0 saturated carbocycles. The fraction of sp³-hybridized carbons (Fsp3) is 0.952. The van der Waals surface area contributed by atoms with Gasteiger partial charge in [-0.1, -0.05) is 437 Å². The maximum atomic E-state index is 12.6. The molecule has 0 heterocycles. The number of allylic oxidation sites excluding steroid dienone is 2. The van der Waals surface area contributed by atoms with Crippen LogP contribution in [0.25, 0.3) is 0 Å². The molecule has 0 rings (SSSR count). The SMILES string of the molecule is CCCCCCCC/C=C\CCCCCCCCCCCC(=O)OCCCCCCCCCCCCCCCCCCCCCCCCCCCCCCCCCC(=O)NC(CO)C(O)CCCCCCCCCCCCCCCCCCCCCCCCC. The molecule has 1 amide bonds. The standard InChI is InChI=1S/C84H165NO5/c1-3-5-7-9-11-13-15-17-19-21-23-24-34-37-41-44-48-52-56-60-64-68-72-76-82(87)81(80-86)85-83(88)77-73-69-65-61-57-53-49-45-42-38-35-32-30-28-26-25-27-29-31-33-36-39-43-47-51-55-59-63-67-71-75-79-90-84(89)78-74-70-66-62-58-54-50-46-40-22-20-18-16-14-12-10-8-6-4-2/h18,20,81-82,86-87H,3-17,19,21-80H2,1-2H3,(H,85,88)/b20-18-. The molecule has 2 atom stereocenters. The smallest absolute Gasteiger partial charge is 0.305 e. The van der Waals surface area contributed by atoms with Crippen molar-refractivity contribution in [1.29, 1.82) is 0 Å². The van der Waals surface area contributed by atoms with E-state index in [1.165, 1.54) is 417 Å². The Labute approximate surface area is 565 Å². The van der Waals surface area contributed by atoms with Gasteiger partial charge in [0.25, 0.3) is 0 Å². The molecule has 0 aromatic carbocycles. The number of unbranched alkanes of at least 4 members (excludes halogenated alkanes) is 67. The van der Waals surface area contributed by atoms with E-state index >= 15 is 0 Å². The van der Waals surface area contributed by atoms with Crippen LogP contribution >= 0.6 is 0 Å². The summed E-state index contributed by atoms with van der Waals surface area (Å²) in [5, 5.41) is 23.5. The molecule has 0 fully saturated rings. The van der Waals surface area contributed by atoms with Crippen LogP contribution in [0.15, 0.2) is 12.2 Å². The molecule has 0 spiro atoms. The molecule has 2 unspecified atom stereocenters. The lowest BCUT2D eigenvalue weighted by atomic mass is 10.0. The zero-order valence-corrected chi connectivity index (χ0v) is 61.7. The highest BCUT2D eigenvalue weighted by Gasteiger charge is 2.20. The van der Waals surface area contributed by atoms with Crippen LogP contribution in [0.1, 0.15) is 489 Å². The number of carbonyl (C=O) groups excluding carboxylic acids is 2. The monoisotopic (exact) mass is 1270 g/mol. The van der Waals surface area contributed by atoms with E-state index in [1.54, 1.807) is 0 Å². The largest absolute Gasteiger partial charge is 0.466 e.